The Morgan fingerprint density at radius 3 is 1.13 bits per heavy atom. The SMILES string of the molecule is O=S(=O)(NC1CCCC1)c1ccc(-c2ccc(S(=O)(=O)NC3CCCC3)cc2)cc1. The first-order chi connectivity index (χ1) is 14.3. The van der Waals surface area contributed by atoms with Gasteiger partial charge in [0, 0.05) is 12.1 Å². The van der Waals surface area contributed by atoms with E-state index in [1.165, 1.54) is 0 Å². The van der Waals surface area contributed by atoms with Gasteiger partial charge in [0.05, 0.1) is 9.79 Å². The second kappa shape index (κ2) is 8.78. The zero-order valence-corrected chi connectivity index (χ0v) is 18.5. The molecule has 2 saturated carbocycles. The van der Waals surface area contributed by atoms with Crippen molar-refractivity contribution in [3.05, 3.63) is 48.5 Å². The third-order valence-corrected chi connectivity index (χ3v) is 9.09. The molecule has 162 valence electrons. The van der Waals surface area contributed by atoms with Crippen LogP contribution in [0, 0.1) is 0 Å². The van der Waals surface area contributed by atoms with E-state index < -0.39 is 20.0 Å². The Hall–Kier alpha value is -1.74. The molecule has 2 aromatic carbocycles. The minimum Gasteiger partial charge on any atom is -0.208 e. The van der Waals surface area contributed by atoms with Crippen LogP contribution in [0.4, 0.5) is 0 Å². The monoisotopic (exact) mass is 448 g/mol. The van der Waals surface area contributed by atoms with E-state index in [4.69, 9.17) is 0 Å². The van der Waals surface area contributed by atoms with Crippen LogP contribution in [-0.2, 0) is 20.0 Å². The van der Waals surface area contributed by atoms with E-state index in [1.54, 1.807) is 48.5 Å². The lowest BCUT2D eigenvalue weighted by Crippen LogP contribution is -2.32. The Bertz CT molecular complexity index is 977. The molecule has 0 atom stereocenters. The van der Waals surface area contributed by atoms with Crippen molar-refractivity contribution in [3.63, 3.8) is 0 Å². The van der Waals surface area contributed by atoms with E-state index in [1.807, 2.05) is 0 Å². The lowest BCUT2D eigenvalue weighted by molar-refractivity contribution is 0.550. The van der Waals surface area contributed by atoms with Gasteiger partial charge in [-0.1, -0.05) is 49.9 Å². The maximum atomic E-state index is 12.5. The Kier molecular flexibility index (Phi) is 6.29. The molecule has 0 amide bonds. The summed E-state index contributed by atoms with van der Waals surface area (Å²) in [4.78, 5) is 0.497. The molecular formula is C22H28N2O4S2. The highest BCUT2D eigenvalue weighted by Crippen LogP contribution is 2.25. The van der Waals surface area contributed by atoms with Crippen LogP contribution in [0.3, 0.4) is 0 Å². The van der Waals surface area contributed by atoms with Crippen LogP contribution >= 0.6 is 0 Å². The summed E-state index contributed by atoms with van der Waals surface area (Å²) in [5.41, 5.74) is 1.67. The van der Waals surface area contributed by atoms with Crippen molar-refractivity contribution >= 4 is 20.0 Å². The summed E-state index contributed by atoms with van der Waals surface area (Å²) in [6, 6.07) is 13.5. The van der Waals surface area contributed by atoms with Gasteiger partial charge in [-0.3, -0.25) is 0 Å². The Balaban J connectivity index is 1.46. The molecule has 0 aromatic heterocycles. The molecule has 0 unspecified atom stereocenters. The Labute approximate surface area is 179 Å². The molecule has 2 fully saturated rings. The Morgan fingerprint density at radius 2 is 0.833 bits per heavy atom. The molecule has 0 heterocycles. The van der Waals surface area contributed by atoms with Gasteiger partial charge in [0.2, 0.25) is 20.0 Å². The largest absolute Gasteiger partial charge is 0.240 e. The van der Waals surface area contributed by atoms with Crippen LogP contribution in [0.2, 0.25) is 0 Å². The van der Waals surface area contributed by atoms with Gasteiger partial charge in [-0.25, -0.2) is 26.3 Å². The van der Waals surface area contributed by atoms with E-state index in [2.05, 4.69) is 9.44 Å². The topological polar surface area (TPSA) is 92.3 Å². The van der Waals surface area contributed by atoms with Crippen molar-refractivity contribution in [3.8, 4) is 11.1 Å². The first kappa shape index (κ1) is 21.5. The maximum Gasteiger partial charge on any atom is 0.240 e. The fourth-order valence-corrected chi connectivity index (χ4v) is 6.93. The van der Waals surface area contributed by atoms with Crippen molar-refractivity contribution in [1.29, 1.82) is 0 Å². The summed E-state index contributed by atoms with van der Waals surface area (Å²) in [7, 11) is -7.04. The molecule has 2 aromatic rings. The average molecular weight is 449 g/mol. The molecular weight excluding hydrogens is 420 g/mol. The van der Waals surface area contributed by atoms with Crippen LogP contribution in [0.1, 0.15) is 51.4 Å². The zero-order chi connectivity index (χ0) is 21.2. The molecule has 0 spiro atoms. The maximum absolute atomic E-state index is 12.5. The number of hydrogen-bond donors (Lipinski definition) is 2. The standard InChI is InChI=1S/C22H28N2O4S2/c25-29(26,23-19-5-1-2-6-19)21-13-9-17(10-14-21)18-11-15-22(16-12-18)30(27,28)24-20-7-3-4-8-20/h9-16,19-20,23-24H,1-8H2. The highest BCUT2D eigenvalue weighted by Gasteiger charge is 2.24. The molecule has 0 bridgehead atoms. The molecule has 0 radical (unpaired) electrons. The van der Waals surface area contributed by atoms with Crippen LogP contribution in [0.25, 0.3) is 11.1 Å². The summed E-state index contributed by atoms with van der Waals surface area (Å²) in [5.74, 6) is 0. The van der Waals surface area contributed by atoms with E-state index >= 15 is 0 Å². The van der Waals surface area contributed by atoms with E-state index in [0.717, 1.165) is 62.5 Å². The smallest absolute Gasteiger partial charge is 0.208 e. The number of rotatable bonds is 7. The minimum absolute atomic E-state index is 0.0296. The molecule has 0 saturated heterocycles. The van der Waals surface area contributed by atoms with Crippen molar-refractivity contribution in [1.82, 2.24) is 9.44 Å². The minimum atomic E-state index is -3.52. The van der Waals surface area contributed by atoms with Crippen LogP contribution < -0.4 is 9.44 Å². The zero-order valence-electron chi connectivity index (χ0n) is 16.9. The molecule has 6 nitrogen and oxygen atoms in total. The van der Waals surface area contributed by atoms with Gasteiger partial charge in [-0.15, -0.1) is 0 Å². The third kappa shape index (κ3) is 4.94. The second-order valence-corrected chi connectivity index (χ2v) is 11.7. The number of benzene rings is 2. The van der Waals surface area contributed by atoms with Gasteiger partial charge < -0.3 is 0 Å². The van der Waals surface area contributed by atoms with Gasteiger partial charge in [-0.05, 0) is 61.1 Å². The molecule has 2 aliphatic carbocycles. The van der Waals surface area contributed by atoms with E-state index in [-0.39, 0.29) is 21.9 Å². The predicted molar refractivity (Wildman–Crippen MR) is 117 cm³/mol. The Morgan fingerprint density at radius 1 is 0.533 bits per heavy atom. The number of sulfonamides is 2. The van der Waals surface area contributed by atoms with Crippen LogP contribution in [0.15, 0.2) is 58.3 Å². The fraction of sp³-hybridized carbons (Fsp3) is 0.455. The quantitative estimate of drug-likeness (QED) is 0.674. The van der Waals surface area contributed by atoms with Gasteiger partial charge >= 0.3 is 0 Å². The summed E-state index contributed by atoms with van der Waals surface area (Å²) in [5, 5.41) is 0. The molecule has 4 rings (SSSR count). The number of nitrogens with one attached hydrogen (secondary N) is 2. The highest BCUT2D eigenvalue weighted by atomic mass is 32.2. The van der Waals surface area contributed by atoms with Crippen molar-refractivity contribution in [2.24, 2.45) is 0 Å². The van der Waals surface area contributed by atoms with Crippen LogP contribution in [0.5, 0.6) is 0 Å². The van der Waals surface area contributed by atoms with Crippen LogP contribution in [-0.4, -0.2) is 28.9 Å². The highest BCUT2D eigenvalue weighted by molar-refractivity contribution is 7.89. The third-order valence-electron chi connectivity index (χ3n) is 6.02. The summed E-state index contributed by atoms with van der Waals surface area (Å²) < 4.78 is 55.8. The molecule has 2 N–H and O–H groups in total. The normalized spacial score (nSPS) is 18.8. The lowest BCUT2D eigenvalue weighted by Gasteiger charge is -2.13. The summed E-state index contributed by atoms with van der Waals surface area (Å²) in [6.45, 7) is 0. The fourth-order valence-electron chi connectivity index (χ4n) is 4.32. The van der Waals surface area contributed by atoms with Crippen molar-refractivity contribution < 1.29 is 16.8 Å². The first-order valence-corrected chi connectivity index (χ1v) is 13.6. The second-order valence-electron chi connectivity index (χ2n) is 8.25. The van der Waals surface area contributed by atoms with Gasteiger partial charge in [0.1, 0.15) is 0 Å². The van der Waals surface area contributed by atoms with E-state index in [9.17, 15) is 16.8 Å². The van der Waals surface area contributed by atoms with Crippen molar-refractivity contribution in [2.75, 3.05) is 0 Å². The van der Waals surface area contributed by atoms with Gasteiger partial charge in [0.25, 0.3) is 0 Å². The summed E-state index contributed by atoms with van der Waals surface area (Å²) in [6.07, 6.45) is 7.82. The van der Waals surface area contributed by atoms with E-state index in [0.29, 0.717) is 0 Å². The molecule has 30 heavy (non-hydrogen) atoms. The first-order valence-electron chi connectivity index (χ1n) is 10.6. The molecule has 0 aliphatic heterocycles. The predicted octanol–water partition coefficient (Wildman–Crippen LogP) is 3.80. The number of hydrogen-bond acceptors (Lipinski definition) is 4. The van der Waals surface area contributed by atoms with Gasteiger partial charge in [-0.2, -0.15) is 0 Å². The molecule has 2 aliphatic rings. The summed E-state index contributed by atoms with van der Waals surface area (Å²) >= 11 is 0. The molecule has 8 heteroatoms. The van der Waals surface area contributed by atoms with Gasteiger partial charge in [0.15, 0.2) is 0 Å². The van der Waals surface area contributed by atoms with Crippen molar-refractivity contribution in [2.45, 2.75) is 73.2 Å². The average Bonchev–Trinajstić information content (AvgIpc) is 3.42. The lowest BCUT2D eigenvalue weighted by atomic mass is 10.1.